The Balaban J connectivity index is 0.00000256. The minimum atomic E-state index is -1.11. The molecule has 1 atom stereocenters. The number of carbonyl (C=O) groups excluding carboxylic acids is 1. The SMILES string of the molecule is CSCCC(N=Cc1ccccc1)C(=O)[O-].[Na+]. The molecule has 0 bridgehead atoms. The molecule has 0 spiro atoms. The van der Waals surface area contributed by atoms with Crippen LogP contribution in [0.3, 0.4) is 0 Å². The Morgan fingerprint density at radius 1 is 1.47 bits per heavy atom. The van der Waals surface area contributed by atoms with Gasteiger partial charge in [0.05, 0.1) is 12.0 Å². The second-order valence-corrected chi connectivity index (χ2v) is 4.29. The van der Waals surface area contributed by atoms with Crippen molar-refractivity contribution in [1.82, 2.24) is 0 Å². The molecule has 0 aliphatic carbocycles. The van der Waals surface area contributed by atoms with Crippen LogP contribution in [0, 0.1) is 0 Å². The number of aliphatic imine (C=N–C) groups is 1. The summed E-state index contributed by atoms with van der Waals surface area (Å²) in [5.74, 6) is -0.341. The first kappa shape index (κ1) is 16.7. The molecular formula is C12H14NNaO2S. The molecule has 1 aromatic carbocycles. The van der Waals surface area contributed by atoms with Crippen molar-refractivity contribution in [2.75, 3.05) is 12.0 Å². The summed E-state index contributed by atoms with van der Waals surface area (Å²) in [7, 11) is 0. The van der Waals surface area contributed by atoms with E-state index in [0.717, 1.165) is 11.3 Å². The number of carboxylic acid groups (broad SMARTS) is 1. The quantitative estimate of drug-likeness (QED) is 0.438. The summed E-state index contributed by atoms with van der Waals surface area (Å²) in [6.45, 7) is 0. The van der Waals surface area contributed by atoms with Crippen molar-refractivity contribution in [2.24, 2.45) is 4.99 Å². The third kappa shape index (κ3) is 6.88. The normalized spacial score (nSPS) is 12.1. The standard InChI is InChI=1S/C12H15NO2S.Na/c1-16-8-7-11(12(14)15)13-9-10-5-3-2-4-6-10;/h2-6,9,11H,7-8H2,1H3,(H,14,15);/q;+1/p-1. The molecule has 5 heteroatoms. The molecule has 1 unspecified atom stereocenters. The summed E-state index contributed by atoms with van der Waals surface area (Å²) in [4.78, 5) is 14.8. The van der Waals surface area contributed by atoms with Gasteiger partial charge in [-0.3, -0.25) is 4.99 Å². The monoisotopic (exact) mass is 259 g/mol. The molecule has 0 fully saturated rings. The van der Waals surface area contributed by atoms with Gasteiger partial charge in [-0.05, 0) is 24.0 Å². The fourth-order valence-corrected chi connectivity index (χ4v) is 1.66. The van der Waals surface area contributed by atoms with Crippen molar-refractivity contribution in [3.63, 3.8) is 0 Å². The van der Waals surface area contributed by atoms with E-state index in [0.29, 0.717) is 6.42 Å². The molecule has 17 heavy (non-hydrogen) atoms. The van der Waals surface area contributed by atoms with Crippen molar-refractivity contribution in [1.29, 1.82) is 0 Å². The molecule has 0 radical (unpaired) electrons. The van der Waals surface area contributed by atoms with Gasteiger partial charge in [-0.15, -0.1) is 0 Å². The Morgan fingerprint density at radius 2 is 2.12 bits per heavy atom. The van der Waals surface area contributed by atoms with E-state index >= 15 is 0 Å². The van der Waals surface area contributed by atoms with Crippen LogP contribution in [0.1, 0.15) is 12.0 Å². The summed E-state index contributed by atoms with van der Waals surface area (Å²) < 4.78 is 0. The maximum absolute atomic E-state index is 10.8. The second-order valence-electron chi connectivity index (χ2n) is 3.31. The fourth-order valence-electron chi connectivity index (χ4n) is 1.20. The minimum absolute atomic E-state index is 0. The van der Waals surface area contributed by atoms with Gasteiger partial charge in [0.2, 0.25) is 0 Å². The van der Waals surface area contributed by atoms with Crippen LogP contribution in [-0.2, 0) is 4.79 Å². The summed E-state index contributed by atoms with van der Waals surface area (Å²) in [5.41, 5.74) is 0.901. The second kappa shape index (κ2) is 9.71. The molecule has 1 rings (SSSR count). The topological polar surface area (TPSA) is 52.5 Å². The van der Waals surface area contributed by atoms with Gasteiger partial charge in [0.15, 0.2) is 0 Å². The van der Waals surface area contributed by atoms with Crippen molar-refractivity contribution >= 4 is 23.9 Å². The molecular weight excluding hydrogens is 245 g/mol. The number of nitrogens with zero attached hydrogens (tertiary/aromatic N) is 1. The summed E-state index contributed by atoms with van der Waals surface area (Å²) in [6.07, 6.45) is 4.03. The third-order valence-corrected chi connectivity index (χ3v) is 2.71. The average Bonchev–Trinajstić information content (AvgIpc) is 2.30. The van der Waals surface area contributed by atoms with Crippen LogP contribution >= 0.6 is 11.8 Å². The first-order valence-electron chi connectivity index (χ1n) is 5.02. The average molecular weight is 259 g/mol. The van der Waals surface area contributed by atoms with Crippen LogP contribution in [0.15, 0.2) is 35.3 Å². The Kier molecular flexibility index (Phi) is 9.55. The fraction of sp³-hybridized carbons (Fsp3) is 0.333. The zero-order chi connectivity index (χ0) is 11.8. The molecule has 1 aromatic rings. The molecule has 0 aromatic heterocycles. The van der Waals surface area contributed by atoms with Gasteiger partial charge >= 0.3 is 29.6 Å². The van der Waals surface area contributed by atoms with Gasteiger partial charge in [-0.2, -0.15) is 11.8 Å². The first-order chi connectivity index (χ1) is 7.74. The Hall–Kier alpha value is -0.290. The van der Waals surface area contributed by atoms with Gasteiger partial charge in [0, 0.05) is 6.21 Å². The molecule has 0 heterocycles. The van der Waals surface area contributed by atoms with Crippen LogP contribution in [0.25, 0.3) is 0 Å². The largest absolute Gasteiger partial charge is 1.00 e. The van der Waals surface area contributed by atoms with Crippen LogP contribution < -0.4 is 34.7 Å². The van der Waals surface area contributed by atoms with Gasteiger partial charge in [-0.25, -0.2) is 0 Å². The van der Waals surface area contributed by atoms with Crippen LogP contribution in [0.5, 0.6) is 0 Å². The van der Waals surface area contributed by atoms with E-state index in [1.807, 2.05) is 36.6 Å². The number of aliphatic carboxylic acids is 1. The van der Waals surface area contributed by atoms with Crippen molar-refractivity contribution in [3.05, 3.63) is 35.9 Å². The molecule has 0 amide bonds. The van der Waals surface area contributed by atoms with E-state index in [2.05, 4.69) is 4.99 Å². The summed E-state index contributed by atoms with van der Waals surface area (Å²) in [6, 6.07) is 8.69. The van der Waals surface area contributed by atoms with E-state index in [-0.39, 0.29) is 29.6 Å². The predicted molar refractivity (Wildman–Crippen MR) is 65.8 cm³/mol. The van der Waals surface area contributed by atoms with E-state index < -0.39 is 12.0 Å². The molecule has 3 nitrogen and oxygen atoms in total. The van der Waals surface area contributed by atoms with E-state index in [9.17, 15) is 9.90 Å². The Morgan fingerprint density at radius 3 is 2.65 bits per heavy atom. The number of hydrogen-bond donors (Lipinski definition) is 0. The number of benzene rings is 1. The molecule has 0 aliphatic heterocycles. The number of rotatable bonds is 6. The van der Waals surface area contributed by atoms with Crippen LogP contribution in [0.2, 0.25) is 0 Å². The van der Waals surface area contributed by atoms with Gasteiger partial charge in [0.1, 0.15) is 0 Å². The van der Waals surface area contributed by atoms with Gasteiger partial charge in [-0.1, -0.05) is 30.3 Å². The van der Waals surface area contributed by atoms with Crippen LogP contribution in [-0.4, -0.2) is 30.2 Å². The zero-order valence-corrected chi connectivity index (χ0v) is 12.9. The van der Waals surface area contributed by atoms with Gasteiger partial charge in [0.25, 0.3) is 0 Å². The zero-order valence-electron chi connectivity index (χ0n) is 10.1. The molecule has 0 N–H and O–H groups in total. The van der Waals surface area contributed by atoms with Crippen molar-refractivity contribution in [3.8, 4) is 0 Å². The van der Waals surface area contributed by atoms with Crippen LogP contribution in [0.4, 0.5) is 0 Å². The molecule has 86 valence electrons. The van der Waals surface area contributed by atoms with E-state index in [4.69, 9.17) is 0 Å². The molecule has 0 saturated heterocycles. The van der Waals surface area contributed by atoms with E-state index in [1.165, 1.54) is 0 Å². The maximum atomic E-state index is 10.8. The minimum Gasteiger partial charge on any atom is -0.548 e. The third-order valence-electron chi connectivity index (χ3n) is 2.07. The summed E-state index contributed by atoms with van der Waals surface area (Å²) >= 11 is 1.60. The number of carbonyl (C=O) groups is 1. The van der Waals surface area contributed by atoms with E-state index in [1.54, 1.807) is 18.0 Å². The van der Waals surface area contributed by atoms with Crippen molar-refractivity contribution in [2.45, 2.75) is 12.5 Å². The number of hydrogen-bond acceptors (Lipinski definition) is 4. The smallest absolute Gasteiger partial charge is 0.548 e. The number of thioether (sulfide) groups is 1. The number of carboxylic acids is 1. The molecule has 0 saturated carbocycles. The Bertz CT molecular complexity index is 357. The Labute approximate surface area is 128 Å². The maximum Gasteiger partial charge on any atom is 1.00 e. The first-order valence-corrected chi connectivity index (χ1v) is 6.41. The van der Waals surface area contributed by atoms with Gasteiger partial charge < -0.3 is 9.90 Å². The predicted octanol–water partition coefficient (Wildman–Crippen LogP) is -2.02. The van der Waals surface area contributed by atoms with Crippen molar-refractivity contribution < 1.29 is 39.5 Å². The summed E-state index contributed by atoms with van der Waals surface area (Å²) in [5, 5.41) is 10.8. The molecule has 0 aliphatic rings.